The lowest BCUT2D eigenvalue weighted by atomic mass is 10.2. The van der Waals surface area contributed by atoms with Gasteiger partial charge in [0.2, 0.25) is 5.91 Å². The van der Waals surface area contributed by atoms with Crippen LogP contribution in [0.2, 0.25) is 0 Å². The number of carbonyl (C=O) groups excluding carboxylic acids is 1. The van der Waals surface area contributed by atoms with E-state index in [2.05, 4.69) is 5.32 Å². The molecule has 1 N–H and O–H groups in total. The van der Waals surface area contributed by atoms with E-state index in [-0.39, 0.29) is 0 Å². The summed E-state index contributed by atoms with van der Waals surface area (Å²) in [6.07, 6.45) is 5.06. The first kappa shape index (κ1) is 12.2. The molecule has 1 saturated carbocycles. The van der Waals surface area contributed by atoms with Crippen LogP contribution < -0.4 is 5.32 Å². The molecule has 0 unspecified atom stereocenters. The monoisotopic (exact) mass is 242 g/mol. The summed E-state index contributed by atoms with van der Waals surface area (Å²) in [6.45, 7) is 3.21. The number of amides is 1. The summed E-state index contributed by atoms with van der Waals surface area (Å²) in [5.41, 5.74) is 0. The van der Waals surface area contributed by atoms with Crippen molar-refractivity contribution in [2.75, 3.05) is 32.4 Å². The van der Waals surface area contributed by atoms with Gasteiger partial charge in [0.1, 0.15) is 0 Å². The minimum absolute atomic E-state index is 0.315. The standard InChI is InChI=1S/C12H22N2OS/c1-14(8-10-2-3-10)12(15)9-16-11-4-6-13-7-5-11/h10-11,13H,2-9H2,1H3. The van der Waals surface area contributed by atoms with Gasteiger partial charge in [0, 0.05) is 18.8 Å². The molecule has 0 bridgehead atoms. The van der Waals surface area contributed by atoms with E-state index in [0.29, 0.717) is 16.9 Å². The Hall–Kier alpha value is -0.220. The Bertz CT molecular complexity index is 237. The predicted molar refractivity (Wildman–Crippen MR) is 68.7 cm³/mol. The number of carbonyl (C=O) groups is 1. The average Bonchev–Trinajstić information content (AvgIpc) is 3.11. The highest BCUT2D eigenvalue weighted by atomic mass is 32.2. The molecule has 92 valence electrons. The minimum atomic E-state index is 0.315. The molecule has 0 aromatic carbocycles. The third kappa shape index (κ3) is 3.98. The lowest BCUT2D eigenvalue weighted by Gasteiger charge is -2.23. The van der Waals surface area contributed by atoms with Crippen molar-refractivity contribution in [1.29, 1.82) is 0 Å². The van der Waals surface area contributed by atoms with E-state index in [1.807, 2.05) is 23.7 Å². The second-order valence-electron chi connectivity index (χ2n) is 4.98. The van der Waals surface area contributed by atoms with Crippen molar-refractivity contribution in [3.8, 4) is 0 Å². The first-order chi connectivity index (χ1) is 7.75. The number of hydrogen-bond acceptors (Lipinski definition) is 3. The maximum atomic E-state index is 11.8. The van der Waals surface area contributed by atoms with Crippen molar-refractivity contribution in [2.24, 2.45) is 5.92 Å². The third-order valence-electron chi connectivity index (χ3n) is 3.38. The number of nitrogens with one attached hydrogen (secondary N) is 1. The molecule has 1 heterocycles. The van der Waals surface area contributed by atoms with Gasteiger partial charge in [-0.3, -0.25) is 4.79 Å². The number of piperidine rings is 1. The summed E-state index contributed by atoms with van der Waals surface area (Å²) in [5, 5.41) is 4.04. The first-order valence-electron chi connectivity index (χ1n) is 6.32. The molecular formula is C12H22N2OS. The van der Waals surface area contributed by atoms with Crippen molar-refractivity contribution in [2.45, 2.75) is 30.9 Å². The lowest BCUT2D eigenvalue weighted by molar-refractivity contribution is -0.127. The SMILES string of the molecule is CN(CC1CC1)C(=O)CSC1CCNCC1. The smallest absolute Gasteiger partial charge is 0.232 e. The Morgan fingerprint density at radius 3 is 2.62 bits per heavy atom. The molecule has 0 aromatic rings. The molecule has 16 heavy (non-hydrogen) atoms. The van der Waals surface area contributed by atoms with Gasteiger partial charge in [0.15, 0.2) is 0 Å². The Morgan fingerprint density at radius 2 is 2.00 bits per heavy atom. The highest BCUT2D eigenvalue weighted by Gasteiger charge is 2.25. The molecule has 0 spiro atoms. The number of nitrogens with zero attached hydrogens (tertiary/aromatic N) is 1. The molecule has 2 fully saturated rings. The van der Waals surface area contributed by atoms with E-state index < -0.39 is 0 Å². The van der Waals surface area contributed by atoms with Crippen LogP contribution in [0.15, 0.2) is 0 Å². The van der Waals surface area contributed by atoms with E-state index in [0.717, 1.165) is 25.6 Å². The highest BCUT2D eigenvalue weighted by Crippen LogP contribution is 2.29. The van der Waals surface area contributed by atoms with Crippen LogP contribution in [-0.2, 0) is 4.79 Å². The van der Waals surface area contributed by atoms with Crippen LogP contribution >= 0.6 is 11.8 Å². The molecule has 1 aliphatic heterocycles. The molecule has 0 atom stereocenters. The maximum absolute atomic E-state index is 11.8. The Kier molecular flexibility index (Phi) is 4.53. The molecule has 2 rings (SSSR count). The normalized spacial score (nSPS) is 22.1. The molecule has 1 saturated heterocycles. The van der Waals surface area contributed by atoms with Crippen molar-refractivity contribution in [3.63, 3.8) is 0 Å². The maximum Gasteiger partial charge on any atom is 0.232 e. The molecular weight excluding hydrogens is 220 g/mol. The van der Waals surface area contributed by atoms with Gasteiger partial charge in [0.25, 0.3) is 0 Å². The molecule has 0 aromatic heterocycles. The van der Waals surface area contributed by atoms with Gasteiger partial charge in [-0.1, -0.05) is 0 Å². The van der Waals surface area contributed by atoms with Gasteiger partial charge < -0.3 is 10.2 Å². The van der Waals surface area contributed by atoms with Gasteiger partial charge >= 0.3 is 0 Å². The average molecular weight is 242 g/mol. The van der Waals surface area contributed by atoms with E-state index in [1.165, 1.54) is 25.7 Å². The fourth-order valence-corrected chi connectivity index (χ4v) is 3.22. The van der Waals surface area contributed by atoms with Gasteiger partial charge in [-0.15, -0.1) is 11.8 Å². The van der Waals surface area contributed by atoms with Crippen LogP contribution in [0.1, 0.15) is 25.7 Å². The van der Waals surface area contributed by atoms with E-state index in [1.54, 1.807) is 0 Å². The van der Waals surface area contributed by atoms with Crippen LogP contribution in [0.3, 0.4) is 0 Å². The fraction of sp³-hybridized carbons (Fsp3) is 0.917. The number of thioether (sulfide) groups is 1. The summed E-state index contributed by atoms with van der Waals surface area (Å²) in [5.74, 6) is 1.79. The van der Waals surface area contributed by atoms with Gasteiger partial charge in [-0.05, 0) is 44.7 Å². The van der Waals surface area contributed by atoms with Gasteiger partial charge in [-0.25, -0.2) is 0 Å². The van der Waals surface area contributed by atoms with Gasteiger partial charge in [-0.2, -0.15) is 0 Å². The second kappa shape index (κ2) is 5.92. The van der Waals surface area contributed by atoms with Crippen molar-refractivity contribution in [3.05, 3.63) is 0 Å². The van der Waals surface area contributed by atoms with E-state index >= 15 is 0 Å². The topological polar surface area (TPSA) is 32.3 Å². The molecule has 0 radical (unpaired) electrons. The summed E-state index contributed by atoms with van der Waals surface area (Å²) >= 11 is 1.85. The number of rotatable bonds is 5. The third-order valence-corrected chi connectivity index (χ3v) is 4.74. The highest BCUT2D eigenvalue weighted by molar-refractivity contribution is 8.00. The Morgan fingerprint density at radius 1 is 1.31 bits per heavy atom. The van der Waals surface area contributed by atoms with Crippen molar-refractivity contribution in [1.82, 2.24) is 10.2 Å². The Labute approximate surface area is 102 Å². The van der Waals surface area contributed by atoms with Crippen LogP contribution in [0.5, 0.6) is 0 Å². The van der Waals surface area contributed by atoms with Crippen LogP contribution in [0, 0.1) is 5.92 Å². The Balaban J connectivity index is 1.61. The molecule has 3 nitrogen and oxygen atoms in total. The van der Waals surface area contributed by atoms with Crippen molar-refractivity contribution < 1.29 is 4.79 Å². The first-order valence-corrected chi connectivity index (χ1v) is 7.37. The second-order valence-corrected chi connectivity index (χ2v) is 6.27. The van der Waals surface area contributed by atoms with Crippen molar-refractivity contribution >= 4 is 17.7 Å². The molecule has 1 amide bonds. The summed E-state index contributed by atoms with van der Waals surface area (Å²) in [6, 6.07) is 0. The van der Waals surface area contributed by atoms with Crippen LogP contribution in [0.4, 0.5) is 0 Å². The van der Waals surface area contributed by atoms with E-state index in [4.69, 9.17) is 0 Å². The zero-order valence-corrected chi connectivity index (χ0v) is 10.9. The van der Waals surface area contributed by atoms with Crippen LogP contribution in [0.25, 0.3) is 0 Å². The zero-order chi connectivity index (χ0) is 11.4. The quantitative estimate of drug-likeness (QED) is 0.789. The molecule has 1 aliphatic carbocycles. The van der Waals surface area contributed by atoms with E-state index in [9.17, 15) is 4.79 Å². The number of hydrogen-bond donors (Lipinski definition) is 1. The largest absolute Gasteiger partial charge is 0.345 e. The summed E-state index contributed by atoms with van der Waals surface area (Å²) in [4.78, 5) is 13.8. The van der Waals surface area contributed by atoms with Crippen LogP contribution in [-0.4, -0.2) is 48.5 Å². The fourth-order valence-electron chi connectivity index (χ4n) is 2.05. The van der Waals surface area contributed by atoms with Gasteiger partial charge in [0.05, 0.1) is 5.75 Å². The predicted octanol–water partition coefficient (Wildman–Crippen LogP) is 1.34. The molecule has 2 aliphatic rings. The summed E-state index contributed by atoms with van der Waals surface area (Å²) in [7, 11) is 1.95. The lowest BCUT2D eigenvalue weighted by Crippen LogP contribution is -2.33. The zero-order valence-electron chi connectivity index (χ0n) is 10.1. The molecule has 4 heteroatoms. The summed E-state index contributed by atoms with van der Waals surface area (Å²) < 4.78 is 0. The minimum Gasteiger partial charge on any atom is -0.345 e.